The molecule has 1 atom stereocenters. The van der Waals surface area contributed by atoms with Crippen molar-refractivity contribution in [3.8, 4) is 0 Å². The second kappa shape index (κ2) is 5.66. The zero-order valence-corrected chi connectivity index (χ0v) is 9.62. The molecule has 0 aliphatic carbocycles. The van der Waals surface area contributed by atoms with Gasteiger partial charge in [0.25, 0.3) is 0 Å². The van der Waals surface area contributed by atoms with E-state index in [0.717, 1.165) is 24.2 Å². The highest BCUT2D eigenvalue weighted by Gasteiger charge is 2.07. The molecule has 4 heteroatoms. The first kappa shape index (κ1) is 11.9. The van der Waals surface area contributed by atoms with Crippen LogP contribution < -0.4 is 5.32 Å². The Balaban J connectivity index is 2.69. The van der Waals surface area contributed by atoms with Crippen LogP contribution in [0.1, 0.15) is 31.2 Å². The third-order valence-corrected chi connectivity index (χ3v) is 2.29. The molecule has 1 heterocycles. The fourth-order valence-electron chi connectivity index (χ4n) is 1.51. The van der Waals surface area contributed by atoms with Crippen molar-refractivity contribution in [3.05, 3.63) is 17.5 Å². The van der Waals surface area contributed by atoms with Crippen molar-refractivity contribution in [3.63, 3.8) is 0 Å². The number of nitrogens with zero attached hydrogens (tertiary/aromatic N) is 2. The van der Waals surface area contributed by atoms with Crippen LogP contribution in [0.15, 0.2) is 6.07 Å². The highest BCUT2D eigenvalue weighted by molar-refractivity contribution is 5.28. The molecule has 0 aliphatic rings. The van der Waals surface area contributed by atoms with Gasteiger partial charge in [-0.3, -0.25) is 0 Å². The molecule has 0 aromatic carbocycles. The molecule has 1 rings (SSSR count). The summed E-state index contributed by atoms with van der Waals surface area (Å²) in [7, 11) is 0. The van der Waals surface area contributed by atoms with Crippen LogP contribution in [0.4, 0.5) is 5.95 Å². The van der Waals surface area contributed by atoms with Crippen molar-refractivity contribution >= 4 is 5.95 Å². The molecule has 0 saturated carbocycles. The Morgan fingerprint density at radius 2 is 1.93 bits per heavy atom. The Labute approximate surface area is 90.8 Å². The van der Waals surface area contributed by atoms with Gasteiger partial charge in [-0.25, -0.2) is 9.97 Å². The molecule has 15 heavy (non-hydrogen) atoms. The maximum atomic E-state index is 8.87. The van der Waals surface area contributed by atoms with Gasteiger partial charge in [-0.2, -0.15) is 0 Å². The summed E-state index contributed by atoms with van der Waals surface area (Å²) in [5, 5.41) is 12.1. The van der Waals surface area contributed by atoms with Crippen LogP contribution in [0.5, 0.6) is 0 Å². The minimum atomic E-state index is 0.191. The number of hydrogen-bond acceptors (Lipinski definition) is 4. The summed E-state index contributed by atoms with van der Waals surface area (Å²) in [6, 6.07) is 2.19. The van der Waals surface area contributed by atoms with Gasteiger partial charge in [-0.1, -0.05) is 6.92 Å². The summed E-state index contributed by atoms with van der Waals surface area (Å²) in [6.07, 6.45) is 1.68. The van der Waals surface area contributed by atoms with E-state index in [4.69, 9.17) is 5.11 Å². The van der Waals surface area contributed by atoms with Crippen LogP contribution in [0, 0.1) is 13.8 Å². The molecule has 0 aliphatic heterocycles. The fourth-order valence-corrected chi connectivity index (χ4v) is 1.51. The van der Waals surface area contributed by atoms with Crippen molar-refractivity contribution in [2.45, 2.75) is 39.7 Å². The van der Waals surface area contributed by atoms with E-state index in [2.05, 4.69) is 22.2 Å². The Bertz CT molecular complexity index is 294. The van der Waals surface area contributed by atoms with Gasteiger partial charge in [0.15, 0.2) is 0 Å². The third-order valence-electron chi connectivity index (χ3n) is 2.29. The zero-order chi connectivity index (χ0) is 11.3. The SMILES string of the molecule is CCC(CCO)Nc1nc(C)cc(C)n1. The lowest BCUT2D eigenvalue weighted by Crippen LogP contribution is -2.21. The molecule has 0 radical (unpaired) electrons. The Morgan fingerprint density at radius 1 is 1.33 bits per heavy atom. The summed E-state index contributed by atoms with van der Waals surface area (Å²) >= 11 is 0. The second-order valence-corrected chi connectivity index (χ2v) is 3.74. The maximum absolute atomic E-state index is 8.87. The highest BCUT2D eigenvalue weighted by atomic mass is 16.3. The van der Waals surface area contributed by atoms with Crippen molar-refractivity contribution in [2.24, 2.45) is 0 Å². The number of aliphatic hydroxyl groups is 1. The Morgan fingerprint density at radius 3 is 2.40 bits per heavy atom. The molecule has 1 aromatic rings. The van der Waals surface area contributed by atoms with Crippen LogP contribution >= 0.6 is 0 Å². The third kappa shape index (κ3) is 3.83. The number of aryl methyl sites for hydroxylation is 2. The first-order chi connectivity index (χ1) is 7.15. The van der Waals surface area contributed by atoms with E-state index in [9.17, 15) is 0 Å². The van der Waals surface area contributed by atoms with Gasteiger partial charge >= 0.3 is 0 Å². The molecule has 0 saturated heterocycles. The minimum Gasteiger partial charge on any atom is -0.396 e. The quantitative estimate of drug-likeness (QED) is 0.774. The summed E-state index contributed by atoms with van der Waals surface area (Å²) in [6.45, 7) is 6.17. The first-order valence-corrected chi connectivity index (χ1v) is 5.35. The lowest BCUT2D eigenvalue weighted by molar-refractivity contribution is 0.278. The largest absolute Gasteiger partial charge is 0.396 e. The van der Waals surface area contributed by atoms with Crippen molar-refractivity contribution < 1.29 is 5.11 Å². The van der Waals surface area contributed by atoms with Crippen molar-refractivity contribution in [2.75, 3.05) is 11.9 Å². The number of aliphatic hydroxyl groups excluding tert-OH is 1. The van der Waals surface area contributed by atoms with E-state index in [1.54, 1.807) is 0 Å². The van der Waals surface area contributed by atoms with Gasteiger partial charge in [-0.05, 0) is 32.8 Å². The van der Waals surface area contributed by atoms with Gasteiger partial charge < -0.3 is 10.4 Å². The van der Waals surface area contributed by atoms with Crippen molar-refractivity contribution in [1.82, 2.24) is 9.97 Å². The Hall–Kier alpha value is -1.16. The van der Waals surface area contributed by atoms with Gasteiger partial charge in [-0.15, -0.1) is 0 Å². The van der Waals surface area contributed by atoms with Crippen LogP contribution in [-0.2, 0) is 0 Å². The molecular formula is C11H19N3O. The average molecular weight is 209 g/mol. The van der Waals surface area contributed by atoms with Crippen LogP contribution in [-0.4, -0.2) is 27.7 Å². The van der Waals surface area contributed by atoms with E-state index in [1.165, 1.54) is 0 Å². The predicted molar refractivity (Wildman–Crippen MR) is 60.9 cm³/mol. The minimum absolute atomic E-state index is 0.191. The lowest BCUT2D eigenvalue weighted by atomic mass is 10.2. The van der Waals surface area contributed by atoms with Gasteiger partial charge in [0, 0.05) is 24.0 Å². The number of nitrogens with one attached hydrogen (secondary N) is 1. The molecule has 1 unspecified atom stereocenters. The van der Waals surface area contributed by atoms with E-state index in [1.807, 2.05) is 19.9 Å². The molecule has 1 aromatic heterocycles. The molecule has 84 valence electrons. The van der Waals surface area contributed by atoms with E-state index >= 15 is 0 Å². The Kier molecular flexibility index (Phi) is 4.49. The summed E-state index contributed by atoms with van der Waals surface area (Å²) < 4.78 is 0. The smallest absolute Gasteiger partial charge is 0.223 e. The van der Waals surface area contributed by atoms with Crippen LogP contribution in [0.25, 0.3) is 0 Å². The number of rotatable bonds is 5. The van der Waals surface area contributed by atoms with E-state index in [-0.39, 0.29) is 12.6 Å². The topological polar surface area (TPSA) is 58.0 Å². The number of anilines is 1. The van der Waals surface area contributed by atoms with Gasteiger partial charge in [0.1, 0.15) is 0 Å². The fraction of sp³-hybridized carbons (Fsp3) is 0.636. The first-order valence-electron chi connectivity index (χ1n) is 5.35. The molecule has 0 spiro atoms. The second-order valence-electron chi connectivity index (χ2n) is 3.74. The van der Waals surface area contributed by atoms with Crippen LogP contribution in [0.2, 0.25) is 0 Å². The van der Waals surface area contributed by atoms with Crippen molar-refractivity contribution in [1.29, 1.82) is 0 Å². The molecule has 0 amide bonds. The van der Waals surface area contributed by atoms with Gasteiger partial charge in [0.05, 0.1) is 0 Å². The molecular weight excluding hydrogens is 190 g/mol. The maximum Gasteiger partial charge on any atom is 0.223 e. The van der Waals surface area contributed by atoms with E-state index in [0.29, 0.717) is 5.95 Å². The molecule has 2 N–H and O–H groups in total. The number of hydrogen-bond donors (Lipinski definition) is 2. The molecule has 4 nitrogen and oxygen atoms in total. The van der Waals surface area contributed by atoms with E-state index < -0.39 is 0 Å². The monoisotopic (exact) mass is 209 g/mol. The van der Waals surface area contributed by atoms with Crippen LogP contribution in [0.3, 0.4) is 0 Å². The highest BCUT2D eigenvalue weighted by Crippen LogP contribution is 2.08. The molecule has 0 fully saturated rings. The summed E-state index contributed by atoms with van der Waals surface area (Å²) in [5.74, 6) is 0.660. The lowest BCUT2D eigenvalue weighted by Gasteiger charge is -2.15. The normalized spacial score (nSPS) is 12.5. The average Bonchev–Trinajstić information content (AvgIpc) is 2.15. The molecule has 0 bridgehead atoms. The van der Waals surface area contributed by atoms with Gasteiger partial charge in [0.2, 0.25) is 5.95 Å². The zero-order valence-electron chi connectivity index (χ0n) is 9.62. The summed E-state index contributed by atoms with van der Waals surface area (Å²) in [5.41, 5.74) is 1.92. The standard InChI is InChI=1S/C11H19N3O/c1-4-10(5-6-15)14-11-12-8(2)7-9(3)13-11/h7,10,15H,4-6H2,1-3H3,(H,12,13,14). The predicted octanol–water partition coefficient (Wildman–Crippen LogP) is 1.67. The summed E-state index contributed by atoms with van der Waals surface area (Å²) in [4.78, 5) is 8.60. The number of aromatic nitrogens is 2.